The van der Waals surface area contributed by atoms with Crippen LogP contribution < -0.4 is 11.1 Å². The zero-order valence-electron chi connectivity index (χ0n) is 9.99. The fourth-order valence-electron chi connectivity index (χ4n) is 3.11. The Hall–Kier alpha value is -1.52. The third-order valence-corrected chi connectivity index (χ3v) is 4.20. The van der Waals surface area contributed by atoms with Gasteiger partial charge < -0.3 is 11.1 Å². The summed E-state index contributed by atoms with van der Waals surface area (Å²) in [6.45, 7) is 1.84. The number of carbonyl (C=O) groups excluding carboxylic acids is 1. The molecule has 0 saturated heterocycles. The van der Waals surface area contributed by atoms with Crippen molar-refractivity contribution in [3.05, 3.63) is 5.69 Å². The first-order chi connectivity index (χ1) is 8.18. The number of fused-ring (bicyclic) bond motifs is 1. The largest absolute Gasteiger partial charge is 0.394 e. The topological polar surface area (TPSA) is 83.8 Å². The Morgan fingerprint density at radius 3 is 2.59 bits per heavy atom. The Morgan fingerprint density at radius 1 is 1.41 bits per heavy atom. The normalized spacial score (nSPS) is 30.8. The van der Waals surface area contributed by atoms with Crippen molar-refractivity contribution in [3.8, 4) is 0 Å². The number of nitrogens with zero attached hydrogens (tertiary/aromatic N) is 1. The second-order valence-electron chi connectivity index (χ2n) is 5.24. The molecule has 2 atom stereocenters. The summed E-state index contributed by atoms with van der Waals surface area (Å²) in [5.74, 6) is 2.01. The van der Waals surface area contributed by atoms with Gasteiger partial charge in [0.05, 0.1) is 11.4 Å². The average molecular weight is 234 g/mol. The standard InChI is InChI=1S/C12H18N4O/c1-6-10(13)11(16-15-6)14-12(17)9-7-4-2-3-5-8(7)9/h7-9H,2-5,13H2,1H3,(H2,14,15,16,17). The summed E-state index contributed by atoms with van der Waals surface area (Å²) in [6.07, 6.45) is 4.96. The van der Waals surface area contributed by atoms with E-state index in [1.165, 1.54) is 25.7 Å². The SMILES string of the molecule is Cc1[nH]nc(NC(=O)C2C3CCCCC32)c1N. The molecule has 2 saturated carbocycles. The number of amides is 1. The van der Waals surface area contributed by atoms with Gasteiger partial charge in [-0.25, -0.2) is 0 Å². The second kappa shape index (κ2) is 3.75. The zero-order valence-corrected chi connectivity index (χ0v) is 9.99. The first-order valence-electron chi connectivity index (χ1n) is 6.30. The average Bonchev–Trinajstić information content (AvgIpc) is 2.99. The lowest BCUT2D eigenvalue weighted by atomic mass is 10.0. The molecule has 4 N–H and O–H groups in total. The minimum absolute atomic E-state index is 0.0973. The number of H-pyrrole nitrogens is 1. The van der Waals surface area contributed by atoms with Crippen LogP contribution in [0.3, 0.4) is 0 Å². The number of hydrogen-bond acceptors (Lipinski definition) is 3. The number of aryl methyl sites for hydroxylation is 1. The van der Waals surface area contributed by atoms with Gasteiger partial charge in [-0.2, -0.15) is 5.10 Å². The fraction of sp³-hybridized carbons (Fsp3) is 0.667. The van der Waals surface area contributed by atoms with Gasteiger partial charge in [-0.3, -0.25) is 9.89 Å². The molecular weight excluding hydrogens is 216 g/mol. The molecule has 2 aliphatic carbocycles. The molecule has 1 amide bonds. The second-order valence-corrected chi connectivity index (χ2v) is 5.24. The molecule has 1 aromatic heterocycles. The Bertz CT molecular complexity index is 441. The molecule has 1 aromatic rings. The minimum atomic E-state index is 0.0973. The van der Waals surface area contributed by atoms with Crippen molar-refractivity contribution in [2.45, 2.75) is 32.6 Å². The Kier molecular flexibility index (Phi) is 2.34. The van der Waals surface area contributed by atoms with E-state index >= 15 is 0 Å². The summed E-state index contributed by atoms with van der Waals surface area (Å²) in [7, 11) is 0. The number of aromatic amines is 1. The van der Waals surface area contributed by atoms with E-state index in [1.807, 2.05) is 6.92 Å². The third kappa shape index (κ3) is 1.69. The first-order valence-corrected chi connectivity index (χ1v) is 6.30. The number of carbonyl (C=O) groups is 1. The van der Waals surface area contributed by atoms with Crippen LogP contribution in [0.25, 0.3) is 0 Å². The predicted octanol–water partition coefficient (Wildman–Crippen LogP) is 1.68. The fourth-order valence-corrected chi connectivity index (χ4v) is 3.11. The van der Waals surface area contributed by atoms with Crippen LogP contribution in [0, 0.1) is 24.7 Å². The quantitative estimate of drug-likeness (QED) is 0.727. The van der Waals surface area contributed by atoms with Crippen molar-refractivity contribution < 1.29 is 4.79 Å². The monoisotopic (exact) mass is 234 g/mol. The van der Waals surface area contributed by atoms with Gasteiger partial charge in [0.25, 0.3) is 0 Å². The molecule has 2 aliphatic rings. The number of hydrogen-bond donors (Lipinski definition) is 3. The maximum Gasteiger partial charge on any atom is 0.229 e. The van der Waals surface area contributed by atoms with Gasteiger partial charge in [-0.05, 0) is 31.6 Å². The summed E-state index contributed by atoms with van der Waals surface area (Å²) in [5.41, 5.74) is 7.15. The molecule has 3 rings (SSSR count). The van der Waals surface area contributed by atoms with Gasteiger partial charge in [0.2, 0.25) is 5.91 Å². The zero-order chi connectivity index (χ0) is 12.0. The van der Waals surface area contributed by atoms with Crippen molar-refractivity contribution in [3.63, 3.8) is 0 Å². The van der Waals surface area contributed by atoms with E-state index in [-0.39, 0.29) is 11.8 Å². The lowest BCUT2D eigenvalue weighted by molar-refractivity contribution is -0.117. The first kappa shape index (κ1) is 10.6. The van der Waals surface area contributed by atoms with Gasteiger partial charge in [-0.15, -0.1) is 0 Å². The summed E-state index contributed by atoms with van der Waals surface area (Å²) in [4.78, 5) is 12.1. The molecule has 5 heteroatoms. The molecule has 2 unspecified atom stereocenters. The minimum Gasteiger partial charge on any atom is -0.394 e. The highest BCUT2D eigenvalue weighted by atomic mass is 16.2. The molecule has 17 heavy (non-hydrogen) atoms. The van der Waals surface area contributed by atoms with Crippen LogP contribution >= 0.6 is 0 Å². The summed E-state index contributed by atoms with van der Waals surface area (Å²) in [5, 5.41) is 9.62. The van der Waals surface area contributed by atoms with Crippen molar-refractivity contribution in [2.24, 2.45) is 17.8 Å². The molecule has 1 heterocycles. The smallest absolute Gasteiger partial charge is 0.229 e. The maximum atomic E-state index is 12.1. The maximum absolute atomic E-state index is 12.1. The van der Waals surface area contributed by atoms with Crippen molar-refractivity contribution in [2.75, 3.05) is 11.1 Å². The van der Waals surface area contributed by atoms with Crippen molar-refractivity contribution in [1.29, 1.82) is 0 Å². The Morgan fingerprint density at radius 2 is 2.06 bits per heavy atom. The third-order valence-electron chi connectivity index (χ3n) is 4.20. The van der Waals surface area contributed by atoms with E-state index in [0.29, 0.717) is 23.3 Å². The molecule has 5 nitrogen and oxygen atoms in total. The number of nitrogen functional groups attached to an aromatic ring is 1. The predicted molar refractivity (Wildman–Crippen MR) is 65.3 cm³/mol. The molecule has 0 spiro atoms. The van der Waals surface area contributed by atoms with Gasteiger partial charge in [0.1, 0.15) is 0 Å². The highest BCUT2D eigenvalue weighted by molar-refractivity contribution is 5.96. The number of anilines is 2. The molecule has 92 valence electrons. The van der Waals surface area contributed by atoms with Gasteiger partial charge in [0.15, 0.2) is 5.82 Å². The van der Waals surface area contributed by atoms with Crippen LogP contribution in [-0.4, -0.2) is 16.1 Å². The molecule has 0 radical (unpaired) electrons. The summed E-state index contributed by atoms with van der Waals surface area (Å²) >= 11 is 0. The molecule has 0 aromatic carbocycles. The van der Waals surface area contributed by atoms with Gasteiger partial charge in [-0.1, -0.05) is 12.8 Å². The Labute approximate surface area is 100 Å². The summed E-state index contributed by atoms with van der Waals surface area (Å²) < 4.78 is 0. The van der Waals surface area contributed by atoms with Crippen LogP contribution in [0.5, 0.6) is 0 Å². The molecular formula is C12H18N4O. The van der Waals surface area contributed by atoms with Crippen LogP contribution in [0.2, 0.25) is 0 Å². The van der Waals surface area contributed by atoms with E-state index < -0.39 is 0 Å². The number of nitrogens with one attached hydrogen (secondary N) is 2. The number of rotatable bonds is 2. The van der Waals surface area contributed by atoms with E-state index in [4.69, 9.17) is 5.73 Å². The molecule has 0 aliphatic heterocycles. The van der Waals surface area contributed by atoms with E-state index in [0.717, 1.165) is 5.69 Å². The molecule has 2 fully saturated rings. The molecule has 0 bridgehead atoms. The van der Waals surface area contributed by atoms with Gasteiger partial charge >= 0.3 is 0 Å². The Balaban J connectivity index is 1.66. The van der Waals surface area contributed by atoms with E-state index in [1.54, 1.807) is 0 Å². The van der Waals surface area contributed by atoms with Gasteiger partial charge in [0, 0.05) is 5.92 Å². The highest BCUT2D eigenvalue weighted by Crippen LogP contribution is 2.55. The summed E-state index contributed by atoms with van der Waals surface area (Å²) in [6, 6.07) is 0. The lowest BCUT2D eigenvalue weighted by Gasteiger charge is -2.04. The lowest BCUT2D eigenvalue weighted by Crippen LogP contribution is -2.16. The van der Waals surface area contributed by atoms with Crippen LogP contribution in [0.15, 0.2) is 0 Å². The van der Waals surface area contributed by atoms with Crippen LogP contribution in [0.1, 0.15) is 31.4 Å². The van der Waals surface area contributed by atoms with Crippen LogP contribution in [-0.2, 0) is 4.79 Å². The number of aromatic nitrogens is 2. The van der Waals surface area contributed by atoms with E-state index in [9.17, 15) is 4.79 Å². The van der Waals surface area contributed by atoms with E-state index in [2.05, 4.69) is 15.5 Å². The number of nitrogens with two attached hydrogens (primary N) is 1. The van der Waals surface area contributed by atoms with Crippen LogP contribution in [0.4, 0.5) is 11.5 Å². The van der Waals surface area contributed by atoms with Crippen molar-refractivity contribution >= 4 is 17.4 Å². The highest BCUT2D eigenvalue weighted by Gasteiger charge is 2.54. The van der Waals surface area contributed by atoms with Crippen molar-refractivity contribution in [1.82, 2.24) is 10.2 Å².